The molecule has 1 saturated heterocycles. The van der Waals surface area contributed by atoms with Crippen molar-refractivity contribution >= 4 is 54.3 Å². The second kappa shape index (κ2) is 5.45. The van der Waals surface area contributed by atoms with Gasteiger partial charge in [0.15, 0.2) is 28.4 Å². The van der Waals surface area contributed by atoms with Crippen molar-refractivity contribution in [2.45, 2.75) is 43.3 Å². The Labute approximate surface area is 121 Å². The standard InChI is InChI=1S/C9H15NO3P2S3/c1-4-8(5-2)9(14-16,15-17)7(11)10(6-3)18(8,12)13/h4-6H2,1-3H3/p+2. The summed E-state index contributed by atoms with van der Waals surface area (Å²) in [5, 5.41) is 0. The second-order valence-corrected chi connectivity index (χ2v) is 9.94. The molecule has 1 rings (SSSR count). The SMILES string of the molecule is CCN1C(=O)C([PH+]=S)([PH+]=S)C(CC)(CC)S1(=O)=O. The van der Waals surface area contributed by atoms with Crippen molar-refractivity contribution in [1.82, 2.24) is 4.31 Å². The zero-order chi connectivity index (χ0) is 14.2. The Morgan fingerprint density at radius 3 is 1.83 bits per heavy atom. The van der Waals surface area contributed by atoms with Crippen molar-refractivity contribution < 1.29 is 13.2 Å². The van der Waals surface area contributed by atoms with Gasteiger partial charge in [0.1, 0.15) is 0 Å². The second-order valence-electron chi connectivity index (χ2n) is 4.13. The molecule has 0 bridgehead atoms. The molecule has 2 atom stereocenters. The normalized spacial score (nSPS) is 30.2. The van der Waals surface area contributed by atoms with Crippen LogP contribution in [0.4, 0.5) is 0 Å². The molecule has 0 aromatic heterocycles. The lowest BCUT2D eigenvalue weighted by Gasteiger charge is -2.25. The number of amides is 1. The van der Waals surface area contributed by atoms with Crippen LogP contribution in [0.1, 0.15) is 33.6 Å². The van der Waals surface area contributed by atoms with Gasteiger partial charge in [-0.05, 0) is 19.8 Å². The van der Waals surface area contributed by atoms with Crippen LogP contribution in [0.25, 0.3) is 0 Å². The fourth-order valence-electron chi connectivity index (χ4n) is 2.65. The predicted molar refractivity (Wildman–Crippen MR) is 83.7 cm³/mol. The molecule has 1 fully saturated rings. The number of rotatable bonds is 5. The molecule has 1 amide bonds. The van der Waals surface area contributed by atoms with E-state index in [-0.39, 0.29) is 27.2 Å². The fraction of sp³-hybridized carbons (Fsp3) is 0.889. The molecule has 0 aromatic carbocycles. The summed E-state index contributed by atoms with van der Waals surface area (Å²) in [5.41, 5.74) is 0. The minimum Gasteiger partial charge on any atom is -0.263 e. The van der Waals surface area contributed by atoms with E-state index in [0.29, 0.717) is 12.8 Å². The zero-order valence-electron chi connectivity index (χ0n) is 10.5. The molecule has 1 heterocycles. The summed E-state index contributed by atoms with van der Waals surface area (Å²) in [5.74, 6) is -0.379. The summed E-state index contributed by atoms with van der Waals surface area (Å²) in [6.45, 7) is 5.42. The molecule has 9 heteroatoms. The molecule has 0 saturated carbocycles. The van der Waals surface area contributed by atoms with Crippen molar-refractivity contribution in [3.63, 3.8) is 0 Å². The first-order chi connectivity index (χ1) is 8.35. The Hall–Kier alpha value is 0.460. The molecule has 4 nitrogen and oxygen atoms in total. The number of sulfonamides is 1. The van der Waals surface area contributed by atoms with Crippen LogP contribution in [0.5, 0.6) is 0 Å². The van der Waals surface area contributed by atoms with E-state index in [1.165, 1.54) is 0 Å². The Balaban J connectivity index is 3.76. The average molecular weight is 345 g/mol. The quantitative estimate of drug-likeness (QED) is 0.710. The van der Waals surface area contributed by atoms with Crippen molar-refractivity contribution in [3.8, 4) is 0 Å². The van der Waals surface area contributed by atoms with E-state index in [0.717, 1.165) is 4.31 Å². The number of nitrogens with zero attached hydrogens (tertiary/aromatic N) is 1. The van der Waals surface area contributed by atoms with Gasteiger partial charge in [-0.15, -0.1) is 0 Å². The van der Waals surface area contributed by atoms with Gasteiger partial charge in [0.05, 0.1) is 0 Å². The summed E-state index contributed by atoms with van der Waals surface area (Å²) >= 11 is 10.3. The maximum atomic E-state index is 12.7. The molecule has 0 radical (unpaired) electrons. The molecule has 1 aliphatic rings. The summed E-state index contributed by atoms with van der Waals surface area (Å²) in [7, 11) is -4.05. The van der Waals surface area contributed by atoms with E-state index in [1.807, 2.05) is 0 Å². The Morgan fingerprint density at radius 2 is 1.61 bits per heavy atom. The van der Waals surface area contributed by atoms with Crippen molar-refractivity contribution in [2.24, 2.45) is 0 Å². The van der Waals surface area contributed by atoms with Crippen LogP contribution in [0, 0.1) is 0 Å². The minimum absolute atomic E-state index is 0.157. The van der Waals surface area contributed by atoms with E-state index < -0.39 is 19.7 Å². The van der Waals surface area contributed by atoms with Gasteiger partial charge >= 0.3 is 10.8 Å². The lowest BCUT2D eigenvalue weighted by Crippen LogP contribution is -2.48. The van der Waals surface area contributed by atoms with Gasteiger partial charge in [0.2, 0.25) is 14.7 Å². The third-order valence-electron chi connectivity index (χ3n) is 3.75. The predicted octanol–water partition coefficient (Wildman–Crippen LogP) is 1.71. The average Bonchev–Trinajstić information content (AvgIpc) is 2.50. The smallest absolute Gasteiger partial charge is 0.263 e. The minimum atomic E-state index is -3.66. The first-order valence-electron chi connectivity index (χ1n) is 5.70. The molecule has 0 aromatic rings. The van der Waals surface area contributed by atoms with Crippen LogP contribution in [-0.4, -0.2) is 34.8 Å². The first kappa shape index (κ1) is 16.5. The third-order valence-corrected chi connectivity index (χ3v) is 12.7. The van der Waals surface area contributed by atoms with E-state index in [2.05, 4.69) is 0 Å². The monoisotopic (exact) mass is 345 g/mol. The highest BCUT2D eigenvalue weighted by Crippen LogP contribution is 2.58. The van der Waals surface area contributed by atoms with Crippen molar-refractivity contribution in [3.05, 3.63) is 0 Å². The number of carbonyl (C=O) groups excluding carboxylic acids is 1. The fourth-order valence-corrected chi connectivity index (χ4v) is 11.5. The molecule has 0 spiro atoms. The van der Waals surface area contributed by atoms with Crippen LogP contribution in [0.3, 0.4) is 0 Å². The number of hydrogen-bond donors (Lipinski definition) is 0. The molecule has 0 aliphatic carbocycles. The lowest BCUT2D eigenvalue weighted by molar-refractivity contribution is -0.125. The van der Waals surface area contributed by atoms with Gasteiger partial charge in [0.25, 0.3) is 10.0 Å². The van der Waals surface area contributed by atoms with Crippen LogP contribution in [0.15, 0.2) is 0 Å². The van der Waals surface area contributed by atoms with Crippen LogP contribution in [-0.2, 0) is 38.4 Å². The molecule has 1 aliphatic heterocycles. The maximum Gasteiger partial charge on any atom is 0.387 e. The van der Waals surface area contributed by atoms with Gasteiger partial charge in [0, 0.05) is 6.54 Å². The Kier molecular flexibility index (Phi) is 5.00. The molecule has 102 valence electrons. The molecular formula is C9H17NO3P2S3+2. The number of carbonyl (C=O) groups is 1. The van der Waals surface area contributed by atoms with E-state index >= 15 is 0 Å². The summed E-state index contributed by atoms with van der Waals surface area (Å²) < 4.78 is 25.2. The first-order valence-corrected chi connectivity index (χ1v) is 11.4. The summed E-state index contributed by atoms with van der Waals surface area (Å²) in [6, 6.07) is 0. The highest BCUT2D eigenvalue weighted by molar-refractivity contribution is 8.08. The molecule has 2 unspecified atom stereocenters. The third kappa shape index (κ3) is 1.68. The van der Waals surface area contributed by atoms with Crippen LogP contribution in [0.2, 0.25) is 0 Å². The van der Waals surface area contributed by atoms with Crippen LogP contribution < -0.4 is 0 Å². The lowest BCUT2D eigenvalue weighted by atomic mass is 9.96. The van der Waals surface area contributed by atoms with E-state index in [9.17, 15) is 13.2 Å². The van der Waals surface area contributed by atoms with Gasteiger partial charge in [-0.3, -0.25) is 4.79 Å². The largest absolute Gasteiger partial charge is 0.387 e. The molecular weight excluding hydrogens is 328 g/mol. The van der Waals surface area contributed by atoms with E-state index in [4.69, 9.17) is 23.6 Å². The number of hydrogen-bond acceptors (Lipinski definition) is 5. The molecule has 18 heavy (non-hydrogen) atoms. The van der Waals surface area contributed by atoms with Crippen LogP contribution >= 0.6 is 14.7 Å². The Bertz CT molecular complexity index is 479. The summed E-state index contributed by atoms with van der Waals surface area (Å²) in [6.07, 6.45) is 0.753. The zero-order valence-corrected chi connectivity index (χ0v) is 15.0. The van der Waals surface area contributed by atoms with E-state index in [1.54, 1.807) is 20.8 Å². The van der Waals surface area contributed by atoms with Gasteiger partial charge in [-0.1, -0.05) is 13.8 Å². The topological polar surface area (TPSA) is 54.5 Å². The van der Waals surface area contributed by atoms with Gasteiger partial charge < -0.3 is 0 Å². The highest BCUT2D eigenvalue weighted by Gasteiger charge is 2.80. The highest BCUT2D eigenvalue weighted by atomic mass is 32.4. The van der Waals surface area contributed by atoms with Gasteiger partial charge in [-0.2, -0.15) is 0 Å². The van der Waals surface area contributed by atoms with Gasteiger partial charge in [-0.25, -0.2) is 12.7 Å². The van der Waals surface area contributed by atoms with Crippen molar-refractivity contribution in [2.75, 3.05) is 6.54 Å². The van der Waals surface area contributed by atoms with Crippen molar-refractivity contribution in [1.29, 1.82) is 0 Å². The Morgan fingerprint density at radius 1 is 1.17 bits per heavy atom. The maximum absolute atomic E-state index is 12.7. The summed E-state index contributed by atoms with van der Waals surface area (Å²) in [4.78, 5) is 11.4. The molecule has 0 N–H and O–H groups in total.